The van der Waals surface area contributed by atoms with Gasteiger partial charge in [0.1, 0.15) is 0 Å². The number of aryl methyl sites for hydroxylation is 1. The first-order chi connectivity index (χ1) is 18.9. The van der Waals surface area contributed by atoms with Crippen LogP contribution in [0.4, 0.5) is 24.5 Å². The standard InChI is InChI=1S/C29H31ClF3N7/c1-6-16-12-34-26-20(25(16)35-14-29(3,4)5)9-17(10-21(26)30)37-27(18-7-8-24(31)36-15(18)2)22-13-40(39-38-22)23-11-19(23)28(32)33/h1,7-10,12-13,19,23,27-28,37-39H,11,14H2,2-5H3,(H,34,35)/t19?,23?,27-/m0/s1. The van der Waals surface area contributed by atoms with Crippen molar-refractivity contribution in [1.82, 2.24) is 25.9 Å². The minimum absolute atomic E-state index is 0.0102. The smallest absolute Gasteiger partial charge is 0.243 e. The number of pyridine rings is 2. The molecule has 0 bridgehead atoms. The molecule has 0 radical (unpaired) electrons. The number of terminal acetylenes is 1. The molecule has 7 nitrogen and oxygen atoms in total. The van der Waals surface area contributed by atoms with Gasteiger partial charge in [0.25, 0.3) is 0 Å². The molecule has 2 unspecified atom stereocenters. The Balaban J connectivity index is 1.55. The van der Waals surface area contributed by atoms with E-state index in [4.69, 9.17) is 18.0 Å². The van der Waals surface area contributed by atoms with Gasteiger partial charge in [0, 0.05) is 47.2 Å². The number of benzene rings is 1. The van der Waals surface area contributed by atoms with Gasteiger partial charge in [-0.15, -0.1) is 12.0 Å². The molecule has 1 aliphatic heterocycles. The Morgan fingerprint density at radius 1 is 1.27 bits per heavy atom. The number of fused-ring (bicyclic) bond motifs is 1. The van der Waals surface area contributed by atoms with E-state index in [2.05, 4.69) is 58.3 Å². The number of nitrogens with one attached hydrogen (secondary N) is 4. The van der Waals surface area contributed by atoms with Crippen LogP contribution in [-0.2, 0) is 0 Å². The fraction of sp³-hybridized carbons (Fsp3) is 0.379. The molecule has 2 aliphatic rings. The number of rotatable bonds is 8. The zero-order valence-corrected chi connectivity index (χ0v) is 23.4. The number of aromatic nitrogens is 2. The van der Waals surface area contributed by atoms with Crippen molar-refractivity contribution in [2.24, 2.45) is 11.3 Å². The third-order valence-corrected chi connectivity index (χ3v) is 7.28. The molecule has 1 saturated carbocycles. The van der Waals surface area contributed by atoms with Gasteiger partial charge < -0.3 is 16.1 Å². The van der Waals surface area contributed by atoms with Gasteiger partial charge in [-0.3, -0.25) is 9.99 Å². The van der Waals surface area contributed by atoms with Crippen molar-refractivity contribution in [3.8, 4) is 12.3 Å². The molecule has 0 amide bonds. The molecule has 0 saturated heterocycles. The van der Waals surface area contributed by atoms with Gasteiger partial charge in [-0.05, 0) is 37.0 Å². The molecular formula is C29H31ClF3N7. The molecular weight excluding hydrogens is 539 g/mol. The number of anilines is 2. The monoisotopic (exact) mass is 569 g/mol. The van der Waals surface area contributed by atoms with E-state index < -0.39 is 24.3 Å². The van der Waals surface area contributed by atoms with Gasteiger partial charge in [0.15, 0.2) is 0 Å². The van der Waals surface area contributed by atoms with Crippen molar-refractivity contribution >= 4 is 33.9 Å². The van der Waals surface area contributed by atoms with Gasteiger partial charge >= 0.3 is 0 Å². The van der Waals surface area contributed by atoms with E-state index in [1.54, 1.807) is 36.5 Å². The maximum atomic E-state index is 13.9. The minimum atomic E-state index is -2.39. The van der Waals surface area contributed by atoms with Crippen LogP contribution in [0.1, 0.15) is 50.1 Å². The molecule has 3 atom stereocenters. The van der Waals surface area contributed by atoms with Crippen LogP contribution in [0.2, 0.25) is 5.02 Å². The molecule has 40 heavy (non-hydrogen) atoms. The van der Waals surface area contributed by atoms with Crippen molar-refractivity contribution in [1.29, 1.82) is 0 Å². The average molecular weight is 570 g/mol. The SMILES string of the molecule is C#Cc1cnc2c(Cl)cc(N[C@H](C3=CN(C4CC4C(F)F)NN3)c3ccc(F)nc3C)cc2c1NCC(C)(C)C. The van der Waals surface area contributed by atoms with Crippen LogP contribution in [-0.4, -0.2) is 34.0 Å². The molecule has 2 aromatic heterocycles. The Kier molecular flexibility index (Phi) is 7.46. The van der Waals surface area contributed by atoms with Gasteiger partial charge in [0.2, 0.25) is 12.4 Å². The highest BCUT2D eigenvalue weighted by Gasteiger charge is 2.48. The zero-order valence-electron chi connectivity index (χ0n) is 22.6. The molecule has 1 aliphatic carbocycles. The number of halogens is 4. The first-order valence-electron chi connectivity index (χ1n) is 13.0. The van der Waals surface area contributed by atoms with E-state index in [1.807, 2.05) is 6.07 Å². The fourth-order valence-electron chi connectivity index (χ4n) is 4.79. The molecule has 1 aromatic carbocycles. The molecule has 3 heterocycles. The third-order valence-electron chi connectivity index (χ3n) is 6.99. The molecule has 0 spiro atoms. The predicted molar refractivity (Wildman–Crippen MR) is 152 cm³/mol. The number of alkyl halides is 2. The summed E-state index contributed by atoms with van der Waals surface area (Å²) in [6, 6.07) is 5.74. The van der Waals surface area contributed by atoms with Crippen molar-refractivity contribution in [3.05, 3.63) is 70.2 Å². The lowest BCUT2D eigenvalue weighted by atomic mass is 9.96. The van der Waals surface area contributed by atoms with Crippen molar-refractivity contribution < 1.29 is 13.2 Å². The third kappa shape index (κ3) is 5.76. The normalized spacial score (nSPS) is 19.3. The van der Waals surface area contributed by atoms with Crippen LogP contribution < -0.4 is 21.6 Å². The van der Waals surface area contributed by atoms with E-state index in [0.29, 0.717) is 51.7 Å². The second-order valence-electron chi connectivity index (χ2n) is 11.4. The first-order valence-corrected chi connectivity index (χ1v) is 13.3. The Hall–Kier alpha value is -3.68. The summed E-state index contributed by atoms with van der Waals surface area (Å²) in [5.74, 6) is 1.41. The lowest BCUT2D eigenvalue weighted by molar-refractivity contribution is 0.104. The first kappa shape index (κ1) is 27.9. The van der Waals surface area contributed by atoms with Crippen molar-refractivity contribution in [2.45, 2.75) is 52.6 Å². The molecule has 5 rings (SSSR count). The highest BCUT2D eigenvalue weighted by Crippen LogP contribution is 2.42. The number of hydrogen-bond donors (Lipinski definition) is 4. The van der Waals surface area contributed by atoms with Crippen LogP contribution in [0.25, 0.3) is 10.9 Å². The lowest BCUT2D eigenvalue weighted by Crippen LogP contribution is -2.39. The van der Waals surface area contributed by atoms with Crippen molar-refractivity contribution in [3.63, 3.8) is 0 Å². The Morgan fingerprint density at radius 3 is 2.70 bits per heavy atom. The summed E-state index contributed by atoms with van der Waals surface area (Å²) >= 11 is 6.71. The van der Waals surface area contributed by atoms with E-state index in [9.17, 15) is 13.2 Å². The average Bonchev–Trinajstić information content (AvgIpc) is 3.55. The molecule has 210 valence electrons. The molecule has 1 fully saturated rings. The molecule has 3 aromatic rings. The largest absolute Gasteiger partial charge is 0.383 e. The van der Waals surface area contributed by atoms with Crippen LogP contribution in [0.15, 0.2) is 42.4 Å². The van der Waals surface area contributed by atoms with Crippen molar-refractivity contribution in [2.75, 3.05) is 17.2 Å². The Morgan fingerprint density at radius 2 is 2.05 bits per heavy atom. The number of nitrogens with zero attached hydrogens (tertiary/aromatic N) is 3. The predicted octanol–water partition coefficient (Wildman–Crippen LogP) is 6.14. The van der Waals surface area contributed by atoms with Crippen LogP contribution >= 0.6 is 11.6 Å². The van der Waals surface area contributed by atoms with E-state index in [1.165, 1.54) is 6.07 Å². The summed E-state index contributed by atoms with van der Waals surface area (Å²) in [7, 11) is 0. The Labute approximate surface area is 236 Å². The quantitative estimate of drug-likeness (QED) is 0.192. The highest BCUT2D eigenvalue weighted by molar-refractivity contribution is 6.35. The van der Waals surface area contributed by atoms with Crippen LogP contribution in [0, 0.1) is 36.5 Å². The summed E-state index contributed by atoms with van der Waals surface area (Å²) in [6.07, 6.45) is 7.19. The number of hydrazine groups is 2. The zero-order chi connectivity index (χ0) is 28.8. The maximum Gasteiger partial charge on any atom is 0.243 e. The maximum absolute atomic E-state index is 13.9. The Bertz CT molecular complexity index is 1510. The van der Waals surface area contributed by atoms with Crippen LogP contribution in [0.5, 0.6) is 0 Å². The second kappa shape index (κ2) is 10.7. The van der Waals surface area contributed by atoms with Gasteiger partial charge in [-0.2, -0.15) is 4.39 Å². The van der Waals surface area contributed by atoms with E-state index in [0.717, 1.165) is 11.1 Å². The molecule has 11 heteroatoms. The summed E-state index contributed by atoms with van der Waals surface area (Å²) in [5.41, 5.74) is 10.5. The highest BCUT2D eigenvalue weighted by atomic mass is 35.5. The van der Waals surface area contributed by atoms with Gasteiger partial charge in [-0.25, -0.2) is 13.8 Å². The summed E-state index contributed by atoms with van der Waals surface area (Å²) in [4.78, 5) is 8.50. The van der Waals surface area contributed by atoms with Gasteiger partial charge in [0.05, 0.1) is 39.6 Å². The lowest BCUT2D eigenvalue weighted by Gasteiger charge is -2.24. The van der Waals surface area contributed by atoms with E-state index >= 15 is 0 Å². The van der Waals surface area contributed by atoms with E-state index in [-0.39, 0.29) is 11.5 Å². The molecule has 4 N–H and O–H groups in total. The summed E-state index contributed by atoms with van der Waals surface area (Å²) in [5, 5.41) is 9.77. The summed E-state index contributed by atoms with van der Waals surface area (Å²) in [6.45, 7) is 8.73. The second-order valence-corrected chi connectivity index (χ2v) is 11.8. The topological polar surface area (TPSA) is 77.1 Å². The van der Waals surface area contributed by atoms with Gasteiger partial charge in [-0.1, -0.05) is 44.4 Å². The number of hydrogen-bond acceptors (Lipinski definition) is 7. The van der Waals surface area contributed by atoms with Crippen LogP contribution in [0.3, 0.4) is 0 Å². The minimum Gasteiger partial charge on any atom is -0.383 e. The fourth-order valence-corrected chi connectivity index (χ4v) is 5.06. The summed E-state index contributed by atoms with van der Waals surface area (Å²) < 4.78 is 40.3.